The number of anilines is 1. The lowest BCUT2D eigenvalue weighted by Crippen LogP contribution is -2.38. The second-order valence-electron chi connectivity index (χ2n) is 14.8. The zero-order chi connectivity index (χ0) is 47.4. The van der Waals surface area contributed by atoms with E-state index in [9.17, 15) is 24.0 Å². The van der Waals surface area contributed by atoms with Crippen LogP contribution in [0.1, 0.15) is 120 Å². The van der Waals surface area contributed by atoms with Crippen LogP contribution in [0.15, 0.2) is 54.7 Å². The molecule has 17 heteroatoms. The Morgan fingerprint density at radius 3 is 2.03 bits per heavy atom. The number of methoxy groups -OCH3 is 1. The summed E-state index contributed by atoms with van der Waals surface area (Å²) in [7, 11) is 0.762. The molecule has 1 aromatic carbocycles. The Balaban J connectivity index is -0.000000784. The third-order valence-corrected chi connectivity index (χ3v) is 8.32. The summed E-state index contributed by atoms with van der Waals surface area (Å²) in [6, 6.07) is 9.60. The number of aromatic nitrogens is 1. The normalized spacial score (nSPS) is 11.5. The molecule has 61 heavy (non-hydrogen) atoms. The van der Waals surface area contributed by atoms with Gasteiger partial charge in [-0.15, -0.1) is 0 Å². The van der Waals surface area contributed by atoms with E-state index in [1.54, 1.807) is 23.2 Å². The van der Waals surface area contributed by atoms with Gasteiger partial charge in [-0.2, -0.15) is 0 Å². The molecule has 14 nitrogen and oxygen atoms in total. The Labute approximate surface area is 377 Å². The minimum Gasteiger partial charge on any atom is -0.469 e. The molecule has 0 spiro atoms. The first-order valence-electron chi connectivity index (χ1n) is 20.5. The first-order valence-corrected chi connectivity index (χ1v) is 23.3. The van der Waals surface area contributed by atoms with E-state index in [1.165, 1.54) is 13.2 Å². The highest BCUT2D eigenvalue weighted by Crippen LogP contribution is 2.26. The van der Waals surface area contributed by atoms with E-state index in [2.05, 4.69) is 46.4 Å². The van der Waals surface area contributed by atoms with Crippen LogP contribution in [-0.2, 0) is 33.4 Å². The van der Waals surface area contributed by atoms with E-state index < -0.39 is 31.6 Å². The molecule has 0 bridgehead atoms. The summed E-state index contributed by atoms with van der Waals surface area (Å²) >= 11 is 11.8. The topological polar surface area (TPSA) is 191 Å². The summed E-state index contributed by atoms with van der Waals surface area (Å²) in [6.07, 6.45) is 9.99. The van der Waals surface area contributed by atoms with Crippen molar-refractivity contribution < 1.29 is 38.2 Å². The van der Waals surface area contributed by atoms with Crippen molar-refractivity contribution in [3.63, 3.8) is 0 Å². The van der Waals surface area contributed by atoms with Crippen LogP contribution in [0.25, 0.3) is 0 Å². The number of unbranched alkanes of at least 4 members (excludes halogenated alkanes) is 2. The van der Waals surface area contributed by atoms with Gasteiger partial charge < -0.3 is 35.7 Å². The van der Waals surface area contributed by atoms with Crippen molar-refractivity contribution in [2.75, 3.05) is 51.3 Å². The number of allylic oxidation sites excluding steroid dienone is 2. The van der Waals surface area contributed by atoms with Gasteiger partial charge in [-0.05, 0) is 91.7 Å². The lowest BCUT2D eigenvalue weighted by molar-refractivity contribution is -0.141. The Hall–Kier alpha value is -3.81. The van der Waals surface area contributed by atoms with Gasteiger partial charge >= 0.3 is 12.1 Å². The van der Waals surface area contributed by atoms with Gasteiger partial charge in [0.15, 0.2) is 0 Å². The first kappa shape index (κ1) is 61.5. The van der Waals surface area contributed by atoms with E-state index in [0.29, 0.717) is 60.3 Å². The van der Waals surface area contributed by atoms with E-state index in [-0.39, 0.29) is 30.4 Å². The number of benzene rings is 1. The first-order chi connectivity index (χ1) is 28.7. The van der Waals surface area contributed by atoms with E-state index in [0.717, 1.165) is 19.3 Å². The van der Waals surface area contributed by atoms with Crippen molar-refractivity contribution in [2.45, 2.75) is 120 Å². The van der Waals surface area contributed by atoms with Gasteiger partial charge in [0.2, 0.25) is 18.2 Å². The number of esters is 1. The highest BCUT2D eigenvalue weighted by molar-refractivity contribution is 7.54. The van der Waals surface area contributed by atoms with Crippen LogP contribution in [0.2, 0.25) is 10.0 Å². The summed E-state index contributed by atoms with van der Waals surface area (Å²) in [6.45, 7) is 25.4. The summed E-state index contributed by atoms with van der Waals surface area (Å²) < 4.78 is 15.5. The van der Waals surface area contributed by atoms with Crippen LogP contribution in [-0.4, -0.2) is 87.2 Å². The molecule has 0 fully saturated rings. The Morgan fingerprint density at radius 1 is 0.967 bits per heavy atom. The van der Waals surface area contributed by atoms with Crippen LogP contribution < -0.4 is 26.4 Å². The molecule has 2 unspecified atom stereocenters. The molecular formula is C44H75Cl2N6O8P. The minimum absolute atomic E-state index is 0.0316. The zero-order valence-corrected chi connectivity index (χ0v) is 41.3. The molecule has 0 radical (unpaired) electrons. The van der Waals surface area contributed by atoms with Crippen LogP contribution in [0.3, 0.4) is 0 Å². The maximum Gasteiger partial charge on any atom is 0.416 e. The number of rotatable bonds is 19. The fraction of sp³-hybridized carbons (Fsp3) is 0.591. The lowest BCUT2D eigenvalue weighted by Gasteiger charge is -2.26. The van der Waals surface area contributed by atoms with Crippen molar-refractivity contribution in [2.24, 2.45) is 10.9 Å². The Kier molecular flexibility index (Phi) is 37.1. The van der Waals surface area contributed by atoms with Crippen molar-refractivity contribution in [1.29, 1.82) is 0 Å². The highest BCUT2D eigenvalue weighted by atomic mass is 35.5. The van der Waals surface area contributed by atoms with Crippen molar-refractivity contribution in [3.8, 4) is 0 Å². The molecule has 0 aliphatic heterocycles. The molecule has 0 aliphatic rings. The molecule has 348 valence electrons. The average molecular weight is 918 g/mol. The number of carbonyl (C=O) groups is 5. The van der Waals surface area contributed by atoms with Crippen LogP contribution in [0.5, 0.6) is 0 Å². The Morgan fingerprint density at radius 2 is 1.57 bits per heavy atom. The maximum absolute atomic E-state index is 12.2. The highest BCUT2D eigenvalue weighted by Gasteiger charge is 2.24. The Bertz CT molecular complexity index is 1500. The molecule has 2 aromatic rings. The molecule has 0 saturated heterocycles. The number of carbonyl (C=O) groups excluding carboxylic acids is 5. The molecular weight excluding hydrogens is 842 g/mol. The fourth-order valence-electron chi connectivity index (χ4n) is 4.29. The average Bonchev–Trinajstić information content (AvgIpc) is 3.20. The number of ether oxygens (including phenoxy) is 3. The van der Waals surface area contributed by atoms with Gasteiger partial charge in [0.25, 0.3) is 0 Å². The third kappa shape index (κ3) is 35.5. The molecule has 5 N–H and O–H groups in total. The number of nitrogens with one attached hydrogen (secondary N) is 3. The van der Waals surface area contributed by atoms with Crippen LogP contribution in [0, 0.1) is 5.41 Å². The summed E-state index contributed by atoms with van der Waals surface area (Å²) in [5.41, 5.74) is 5.68. The number of hydrogen-bond donors (Lipinski definition) is 4. The zero-order valence-electron chi connectivity index (χ0n) is 38.9. The molecule has 0 saturated carbocycles. The summed E-state index contributed by atoms with van der Waals surface area (Å²) in [5, 5.41) is 8.47. The van der Waals surface area contributed by atoms with Gasteiger partial charge in [-0.25, -0.2) is 9.78 Å². The number of pyridine rings is 1. The number of amides is 4. The smallest absolute Gasteiger partial charge is 0.416 e. The fourth-order valence-corrected chi connectivity index (χ4v) is 5.21. The monoisotopic (exact) mass is 916 g/mol. The summed E-state index contributed by atoms with van der Waals surface area (Å²) in [5.74, 6) is -0.223. The van der Waals surface area contributed by atoms with Crippen LogP contribution in [0.4, 0.5) is 10.6 Å². The van der Waals surface area contributed by atoms with Crippen molar-refractivity contribution >= 4 is 67.4 Å². The van der Waals surface area contributed by atoms with Gasteiger partial charge in [-0.3, -0.25) is 24.1 Å². The third-order valence-electron chi connectivity index (χ3n) is 7.30. The standard InChI is InChI=1S/C15H24N2O2.C13H14Cl2N2O4.C10H23N2O2P.C4H8.C2H6/c1-5-6-9-12-17(13-10-7-8-11-16-13)14(18)19-15(2,3)4;1-21-13(20)5-11(17-12(19)6-16-7-18)8-2-9(14)4-10(15)3-8;1-5-9(13)12-6-10(2,3)7-14-8-15(4)11;1-3-4-2;1-2/h7-8,10-11H,5-6,9,12H2,1-4H3;2-4,7,11H,5-6H2,1H3,(H,16,18)(H,17,19);5-8,11H2,1-4H3,(H,12,13);3-4H,1-2H3;1-2H3/b;;;4-3-;. The van der Waals surface area contributed by atoms with Gasteiger partial charge in [0, 0.05) is 41.2 Å². The SMILES string of the molecule is C/C=C\C.CC.CCC(=O)NCC(C)(C)COCP(C)N.CCCCCN(C(=O)OC(C)(C)C)c1ccccn1.COC(=O)CC(NC(=O)CNC=O)c1cc(Cl)cc(Cl)c1. The predicted octanol–water partition coefficient (Wildman–Crippen LogP) is 9.58. The van der Waals surface area contributed by atoms with E-state index in [1.807, 2.05) is 92.4 Å². The van der Waals surface area contributed by atoms with Crippen molar-refractivity contribution in [1.82, 2.24) is 20.9 Å². The van der Waals surface area contributed by atoms with Gasteiger partial charge in [-0.1, -0.05) is 95.8 Å². The number of nitrogens with two attached hydrogens (primary N) is 1. The van der Waals surface area contributed by atoms with E-state index in [4.69, 9.17) is 38.2 Å². The molecule has 1 heterocycles. The van der Waals surface area contributed by atoms with Crippen molar-refractivity contribution in [3.05, 3.63) is 70.4 Å². The number of nitrogens with zero attached hydrogens (tertiary/aromatic N) is 2. The molecule has 4 amide bonds. The summed E-state index contributed by atoms with van der Waals surface area (Å²) in [4.78, 5) is 62.4. The molecule has 2 rings (SSSR count). The maximum atomic E-state index is 12.2. The lowest BCUT2D eigenvalue weighted by atomic mass is 9.95. The van der Waals surface area contributed by atoms with Crippen LogP contribution >= 0.6 is 31.3 Å². The molecule has 2 atom stereocenters. The second kappa shape index (κ2) is 36.8. The van der Waals surface area contributed by atoms with Gasteiger partial charge in [0.1, 0.15) is 11.4 Å². The minimum atomic E-state index is -0.658. The van der Waals surface area contributed by atoms with Gasteiger partial charge in [0.05, 0.1) is 39.1 Å². The number of hydrogen-bond acceptors (Lipinski definition) is 10. The molecule has 0 aliphatic carbocycles. The number of halogens is 2. The predicted molar refractivity (Wildman–Crippen MR) is 252 cm³/mol. The largest absolute Gasteiger partial charge is 0.469 e. The molecule has 1 aromatic heterocycles. The quantitative estimate of drug-likeness (QED) is 0.0347. The van der Waals surface area contributed by atoms with E-state index >= 15 is 0 Å². The second-order valence-corrected chi connectivity index (χ2v) is 17.5.